The molecule has 0 amide bonds. The highest BCUT2D eigenvalue weighted by Gasteiger charge is 2.32. The number of nitrogens with one attached hydrogen (secondary N) is 1. The summed E-state index contributed by atoms with van der Waals surface area (Å²) in [6.45, 7) is 1.94. The zero-order valence-electron chi connectivity index (χ0n) is 13.9. The number of aromatic nitrogens is 2. The van der Waals surface area contributed by atoms with E-state index in [9.17, 15) is 18.3 Å². The topological polar surface area (TPSA) is 67.3 Å². The Hall–Kier alpha value is -3.00. The molecular weight excluding hydrogens is 383 g/mol. The number of anilines is 2. The number of hydrogen-bond acceptors (Lipinski definition) is 5. The van der Waals surface area contributed by atoms with E-state index in [2.05, 4.69) is 20.0 Å². The van der Waals surface area contributed by atoms with Gasteiger partial charge in [-0.15, -0.1) is 13.2 Å². The van der Waals surface area contributed by atoms with Crippen LogP contribution in [0.5, 0.6) is 11.5 Å². The SMILES string of the molecule is Cc1ccc(-c2ncnc(Nc3ccc(OC(F)(F)F)c(Cl)c3)c2O)cc1. The van der Waals surface area contributed by atoms with E-state index in [1.165, 1.54) is 18.5 Å². The van der Waals surface area contributed by atoms with Crippen molar-refractivity contribution in [1.82, 2.24) is 9.97 Å². The van der Waals surface area contributed by atoms with Crippen molar-refractivity contribution in [2.45, 2.75) is 13.3 Å². The van der Waals surface area contributed by atoms with E-state index in [0.717, 1.165) is 11.6 Å². The predicted octanol–water partition coefficient (Wildman–Crippen LogP) is 5.45. The van der Waals surface area contributed by atoms with Crippen LogP contribution in [0.4, 0.5) is 24.7 Å². The van der Waals surface area contributed by atoms with Crippen molar-refractivity contribution >= 4 is 23.1 Å². The molecule has 0 aliphatic heterocycles. The van der Waals surface area contributed by atoms with Crippen LogP contribution in [0.25, 0.3) is 11.3 Å². The molecule has 0 spiro atoms. The molecule has 27 heavy (non-hydrogen) atoms. The van der Waals surface area contributed by atoms with E-state index < -0.39 is 12.1 Å². The van der Waals surface area contributed by atoms with Gasteiger partial charge in [-0.25, -0.2) is 9.97 Å². The molecule has 1 heterocycles. The molecule has 3 rings (SSSR count). The van der Waals surface area contributed by atoms with Gasteiger partial charge in [-0.1, -0.05) is 41.4 Å². The molecular formula is C18H13ClF3N3O2. The maximum atomic E-state index is 12.3. The van der Waals surface area contributed by atoms with Crippen LogP contribution in [-0.2, 0) is 0 Å². The fourth-order valence-electron chi connectivity index (χ4n) is 2.32. The van der Waals surface area contributed by atoms with Crippen LogP contribution in [0.15, 0.2) is 48.8 Å². The summed E-state index contributed by atoms with van der Waals surface area (Å²) in [6, 6.07) is 11.0. The lowest BCUT2D eigenvalue weighted by Crippen LogP contribution is -2.17. The molecule has 0 atom stereocenters. The smallest absolute Gasteiger partial charge is 0.503 e. The molecule has 140 valence electrons. The first-order chi connectivity index (χ1) is 12.7. The Balaban J connectivity index is 1.87. The van der Waals surface area contributed by atoms with Gasteiger partial charge in [0.05, 0.1) is 5.02 Å². The van der Waals surface area contributed by atoms with Crippen molar-refractivity contribution in [3.63, 3.8) is 0 Å². The normalized spacial score (nSPS) is 11.3. The van der Waals surface area contributed by atoms with Gasteiger partial charge in [-0.3, -0.25) is 0 Å². The summed E-state index contributed by atoms with van der Waals surface area (Å²) in [5.74, 6) is -0.642. The number of hydrogen-bond donors (Lipinski definition) is 2. The second kappa shape index (κ2) is 7.32. The zero-order valence-corrected chi connectivity index (χ0v) is 14.6. The summed E-state index contributed by atoms with van der Waals surface area (Å²) >= 11 is 5.82. The first-order valence-electron chi connectivity index (χ1n) is 7.66. The fourth-order valence-corrected chi connectivity index (χ4v) is 2.53. The third kappa shape index (κ3) is 4.59. The molecule has 2 aromatic carbocycles. The van der Waals surface area contributed by atoms with Gasteiger partial charge < -0.3 is 15.2 Å². The number of rotatable bonds is 4. The van der Waals surface area contributed by atoms with Crippen LogP contribution in [0, 0.1) is 6.92 Å². The number of benzene rings is 2. The highest BCUT2D eigenvalue weighted by molar-refractivity contribution is 6.32. The van der Waals surface area contributed by atoms with Gasteiger partial charge in [-0.05, 0) is 25.1 Å². The van der Waals surface area contributed by atoms with Gasteiger partial charge >= 0.3 is 6.36 Å². The number of nitrogens with zero attached hydrogens (tertiary/aromatic N) is 2. The summed E-state index contributed by atoms with van der Waals surface area (Å²) in [7, 11) is 0. The molecule has 0 aliphatic rings. The Morgan fingerprint density at radius 2 is 1.78 bits per heavy atom. The predicted molar refractivity (Wildman–Crippen MR) is 95.3 cm³/mol. The highest BCUT2D eigenvalue weighted by Crippen LogP contribution is 2.36. The van der Waals surface area contributed by atoms with Crippen molar-refractivity contribution in [3.05, 3.63) is 59.4 Å². The van der Waals surface area contributed by atoms with Gasteiger partial charge in [-0.2, -0.15) is 0 Å². The van der Waals surface area contributed by atoms with Gasteiger partial charge in [0, 0.05) is 11.3 Å². The molecule has 2 N–H and O–H groups in total. The summed E-state index contributed by atoms with van der Waals surface area (Å²) in [5.41, 5.74) is 2.38. The minimum atomic E-state index is -4.84. The molecule has 0 saturated heterocycles. The van der Waals surface area contributed by atoms with Gasteiger partial charge in [0.25, 0.3) is 0 Å². The lowest BCUT2D eigenvalue weighted by Gasteiger charge is -2.13. The summed E-state index contributed by atoms with van der Waals surface area (Å²) < 4.78 is 40.7. The molecule has 0 saturated carbocycles. The van der Waals surface area contributed by atoms with Crippen LogP contribution in [0.1, 0.15) is 5.56 Å². The molecule has 3 aromatic rings. The van der Waals surface area contributed by atoms with Crippen molar-refractivity contribution in [2.75, 3.05) is 5.32 Å². The van der Waals surface area contributed by atoms with Crippen LogP contribution >= 0.6 is 11.6 Å². The lowest BCUT2D eigenvalue weighted by atomic mass is 10.1. The maximum Gasteiger partial charge on any atom is 0.573 e. The van der Waals surface area contributed by atoms with E-state index >= 15 is 0 Å². The Morgan fingerprint density at radius 3 is 2.41 bits per heavy atom. The van der Waals surface area contributed by atoms with Crippen LogP contribution in [-0.4, -0.2) is 21.4 Å². The Labute approximate surface area is 157 Å². The number of aromatic hydroxyl groups is 1. The second-order valence-corrected chi connectivity index (χ2v) is 6.01. The first-order valence-corrected chi connectivity index (χ1v) is 8.04. The van der Waals surface area contributed by atoms with E-state index in [0.29, 0.717) is 16.9 Å². The summed E-state index contributed by atoms with van der Waals surface area (Å²) in [5, 5.41) is 13.0. The minimum Gasteiger partial charge on any atom is -0.503 e. The lowest BCUT2D eigenvalue weighted by molar-refractivity contribution is -0.274. The molecule has 0 aliphatic carbocycles. The molecule has 1 aromatic heterocycles. The fraction of sp³-hybridized carbons (Fsp3) is 0.111. The standard InChI is InChI=1S/C18H13ClF3N3O2/c1-10-2-4-11(5-3-10)15-16(26)17(24-9-23-15)25-12-6-7-14(13(19)8-12)27-18(20,21)22/h2-9,26H,1H3,(H,23,24,25). The Morgan fingerprint density at radius 1 is 1.07 bits per heavy atom. The average Bonchev–Trinajstić information content (AvgIpc) is 2.59. The molecule has 0 fully saturated rings. The summed E-state index contributed by atoms with van der Waals surface area (Å²) in [6.07, 6.45) is -3.58. The molecule has 0 bridgehead atoms. The van der Waals surface area contributed by atoms with Crippen molar-refractivity contribution in [1.29, 1.82) is 0 Å². The monoisotopic (exact) mass is 395 g/mol. The maximum absolute atomic E-state index is 12.3. The minimum absolute atomic E-state index is 0.0844. The summed E-state index contributed by atoms with van der Waals surface area (Å²) in [4.78, 5) is 8.04. The molecule has 9 heteroatoms. The highest BCUT2D eigenvalue weighted by atomic mass is 35.5. The molecule has 0 unspecified atom stereocenters. The van der Waals surface area contributed by atoms with Crippen molar-refractivity contribution < 1.29 is 23.0 Å². The third-order valence-corrected chi connectivity index (χ3v) is 3.86. The van der Waals surface area contributed by atoms with Gasteiger partial charge in [0.1, 0.15) is 17.8 Å². The van der Waals surface area contributed by atoms with Crippen LogP contribution in [0.3, 0.4) is 0 Å². The first kappa shape index (κ1) is 18.8. The number of ether oxygens (including phenoxy) is 1. The zero-order chi connectivity index (χ0) is 19.6. The van der Waals surface area contributed by atoms with Gasteiger partial charge in [0.15, 0.2) is 11.6 Å². The number of alkyl halides is 3. The quantitative estimate of drug-likeness (QED) is 0.614. The average molecular weight is 396 g/mol. The van der Waals surface area contributed by atoms with E-state index in [-0.39, 0.29) is 16.6 Å². The van der Waals surface area contributed by atoms with E-state index in [4.69, 9.17) is 11.6 Å². The number of aryl methyl sites for hydroxylation is 1. The Kier molecular flexibility index (Phi) is 5.09. The third-order valence-electron chi connectivity index (χ3n) is 3.57. The van der Waals surface area contributed by atoms with E-state index in [1.54, 1.807) is 12.1 Å². The van der Waals surface area contributed by atoms with Crippen LogP contribution < -0.4 is 10.1 Å². The molecule has 5 nitrogen and oxygen atoms in total. The van der Waals surface area contributed by atoms with Crippen molar-refractivity contribution in [3.8, 4) is 22.8 Å². The van der Waals surface area contributed by atoms with Crippen molar-refractivity contribution in [2.24, 2.45) is 0 Å². The van der Waals surface area contributed by atoms with Crippen LogP contribution in [0.2, 0.25) is 5.02 Å². The van der Waals surface area contributed by atoms with E-state index in [1.807, 2.05) is 19.1 Å². The largest absolute Gasteiger partial charge is 0.573 e. The van der Waals surface area contributed by atoms with Gasteiger partial charge in [0.2, 0.25) is 0 Å². The molecule has 0 radical (unpaired) electrons. The Bertz CT molecular complexity index is 963. The number of halogens is 4. The second-order valence-electron chi connectivity index (χ2n) is 5.60.